The van der Waals surface area contributed by atoms with Crippen LogP contribution in [0.4, 0.5) is 0 Å². The van der Waals surface area contributed by atoms with Gasteiger partial charge in [0.2, 0.25) is 0 Å². The Morgan fingerprint density at radius 2 is 2.29 bits per heavy atom. The molecule has 3 nitrogen and oxygen atoms in total. The zero-order chi connectivity index (χ0) is 10.0. The van der Waals surface area contributed by atoms with E-state index in [0.717, 1.165) is 19.6 Å². The fraction of sp³-hybridized carbons (Fsp3) is 1.00. The third-order valence-electron chi connectivity index (χ3n) is 3.54. The number of hydrogen-bond donors (Lipinski definition) is 2. The molecule has 0 aromatic rings. The van der Waals surface area contributed by atoms with E-state index in [1.54, 1.807) is 0 Å². The fourth-order valence-electron chi connectivity index (χ4n) is 2.41. The molecule has 0 aromatic carbocycles. The van der Waals surface area contributed by atoms with Gasteiger partial charge in [0.25, 0.3) is 0 Å². The molecule has 1 saturated heterocycles. The summed E-state index contributed by atoms with van der Waals surface area (Å²) in [6.07, 6.45) is 6.28. The van der Waals surface area contributed by atoms with Crippen LogP contribution in [0.5, 0.6) is 0 Å². The van der Waals surface area contributed by atoms with Crippen molar-refractivity contribution in [3.63, 3.8) is 0 Å². The summed E-state index contributed by atoms with van der Waals surface area (Å²) in [6.45, 7) is 1.86. The number of hydrogen-bond acceptors (Lipinski definition) is 3. The smallest absolute Gasteiger partial charge is 0.0685 e. The van der Waals surface area contributed by atoms with Crippen LogP contribution >= 0.6 is 0 Å². The molecule has 1 aliphatic carbocycles. The van der Waals surface area contributed by atoms with E-state index in [0.29, 0.717) is 17.6 Å². The van der Waals surface area contributed by atoms with Crippen molar-refractivity contribution >= 4 is 0 Å². The van der Waals surface area contributed by atoms with Crippen molar-refractivity contribution in [2.24, 2.45) is 11.7 Å². The number of nitrogens with one attached hydrogen (secondary N) is 1. The van der Waals surface area contributed by atoms with E-state index < -0.39 is 0 Å². The predicted molar refractivity (Wildman–Crippen MR) is 57.2 cm³/mol. The fourth-order valence-corrected chi connectivity index (χ4v) is 2.41. The third kappa shape index (κ3) is 2.47. The number of rotatable bonds is 4. The van der Waals surface area contributed by atoms with Gasteiger partial charge in [-0.2, -0.15) is 0 Å². The first kappa shape index (κ1) is 10.4. The van der Waals surface area contributed by atoms with Crippen molar-refractivity contribution in [2.45, 2.75) is 43.7 Å². The highest BCUT2D eigenvalue weighted by molar-refractivity contribution is 4.98. The Hall–Kier alpha value is -0.120. The molecule has 1 heterocycles. The zero-order valence-electron chi connectivity index (χ0n) is 9.09. The molecule has 1 spiro atoms. The monoisotopic (exact) mass is 198 g/mol. The SMILES string of the molecule is CNC[C@@H](N)C[C@H]1CCC2(CC2)OC1. The minimum Gasteiger partial charge on any atom is -0.375 e. The molecule has 3 N–H and O–H groups in total. The molecule has 0 radical (unpaired) electrons. The van der Waals surface area contributed by atoms with Gasteiger partial charge in [0, 0.05) is 12.6 Å². The van der Waals surface area contributed by atoms with E-state index in [9.17, 15) is 0 Å². The second kappa shape index (κ2) is 4.17. The summed E-state index contributed by atoms with van der Waals surface area (Å²) in [5.74, 6) is 0.699. The van der Waals surface area contributed by atoms with Gasteiger partial charge < -0.3 is 15.8 Å². The van der Waals surface area contributed by atoms with E-state index in [2.05, 4.69) is 5.32 Å². The average molecular weight is 198 g/mol. The number of ether oxygens (including phenoxy) is 1. The van der Waals surface area contributed by atoms with E-state index in [-0.39, 0.29) is 0 Å². The molecule has 3 heteroatoms. The minimum atomic E-state index is 0.293. The normalized spacial score (nSPS) is 31.7. The maximum atomic E-state index is 5.98. The Balaban J connectivity index is 1.67. The van der Waals surface area contributed by atoms with E-state index in [4.69, 9.17) is 10.5 Å². The summed E-state index contributed by atoms with van der Waals surface area (Å²) in [7, 11) is 1.95. The van der Waals surface area contributed by atoms with Crippen molar-refractivity contribution in [2.75, 3.05) is 20.2 Å². The van der Waals surface area contributed by atoms with E-state index in [1.807, 2.05) is 7.05 Å². The summed E-state index contributed by atoms with van der Waals surface area (Å²) >= 11 is 0. The molecule has 2 atom stereocenters. The first-order valence-electron chi connectivity index (χ1n) is 5.78. The van der Waals surface area contributed by atoms with Crippen LogP contribution in [0.1, 0.15) is 32.1 Å². The van der Waals surface area contributed by atoms with Crippen molar-refractivity contribution in [3.05, 3.63) is 0 Å². The highest BCUT2D eigenvalue weighted by Gasteiger charge is 2.46. The molecule has 2 aliphatic rings. The van der Waals surface area contributed by atoms with E-state index in [1.165, 1.54) is 25.7 Å². The van der Waals surface area contributed by atoms with Crippen LogP contribution in [0.2, 0.25) is 0 Å². The standard InChI is InChI=1S/C11H22N2O/c1-13-7-10(12)6-9-2-3-11(4-5-11)14-8-9/h9-10,13H,2-8,12H2,1H3/t9-,10+/m1/s1. The maximum Gasteiger partial charge on any atom is 0.0685 e. The molecule has 2 fully saturated rings. The largest absolute Gasteiger partial charge is 0.375 e. The Morgan fingerprint density at radius 3 is 2.79 bits per heavy atom. The lowest BCUT2D eigenvalue weighted by molar-refractivity contribution is -0.0372. The molecule has 1 saturated carbocycles. The van der Waals surface area contributed by atoms with Crippen LogP contribution in [-0.4, -0.2) is 31.8 Å². The lowest BCUT2D eigenvalue weighted by atomic mass is 9.91. The van der Waals surface area contributed by atoms with Crippen LogP contribution in [0.15, 0.2) is 0 Å². The van der Waals surface area contributed by atoms with Gasteiger partial charge in [-0.15, -0.1) is 0 Å². The van der Waals surface area contributed by atoms with Gasteiger partial charge in [-0.05, 0) is 45.1 Å². The molecule has 14 heavy (non-hydrogen) atoms. The van der Waals surface area contributed by atoms with Crippen molar-refractivity contribution in [1.82, 2.24) is 5.32 Å². The highest BCUT2D eigenvalue weighted by atomic mass is 16.5. The van der Waals surface area contributed by atoms with Crippen molar-refractivity contribution < 1.29 is 4.74 Å². The summed E-state index contributed by atoms with van der Waals surface area (Å²) in [4.78, 5) is 0. The Kier molecular flexibility index (Phi) is 3.10. The summed E-state index contributed by atoms with van der Waals surface area (Å²) in [5.41, 5.74) is 6.32. The topological polar surface area (TPSA) is 47.3 Å². The quantitative estimate of drug-likeness (QED) is 0.705. The van der Waals surface area contributed by atoms with Crippen molar-refractivity contribution in [3.8, 4) is 0 Å². The van der Waals surface area contributed by atoms with Crippen LogP contribution in [0.25, 0.3) is 0 Å². The molecular formula is C11H22N2O. The van der Waals surface area contributed by atoms with Gasteiger partial charge in [0.15, 0.2) is 0 Å². The molecule has 0 unspecified atom stereocenters. The molecule has 0 amide bonds. The molecule has 2 rings (SSSR count). The summed E-state index contributed by atoms with van der Waals surface area (Å²) in [6, 6.07) is 0.293. The van der Waals surface area contributed by atoms with Gasteiger partial charge in [0.1, 0.15) is 0 Å². The Labute approximate surface area is 86.4 Å². The van der Waals surface area contributed by atoms with Crippen LogP contribution < -0.4 is 11.1 Å². The molecule has 1 aliphatic heterocycles. The van der Waals surface area contributed by atoms with Gasteiger partial charge in [-0.25, -0.2) is 0 Å². The van der Waals surface area contributed by atoms with Gasteiger partial charge >= 0.3 is 0 Å². The Bertz CT molecular complexity index is 182. The van der Waals surface area contributed by atoms with E-state index >= 15 is 0 Å². The zero-order valence-corrected chi connectivity index (χ0v) is 9.09. The van der Waals surface area contributed by atoms with Crippen LogP contribution in [-0.2, 0) is 4.74 Å². The molecular weight excluding hydrogens is 176 g/mol. The number of likely N-dealkylation sites (N-methyl/N-ethyl adjacent to an activating group) is 1. The first-order valence-corrected chi connectivity index (χ1v) is 5.78. The third-order valence-corrected chi connectivity index (χ3v) is 3.54. The average Bonchev–Trinajstić information content (AvgIpc) is 2.91. The summed E-state index contributed by atoms with van der Waals surface area (Å²) in [5, 5.41) is 3.12. The minimum absolute atomic E-state index is 0.293. The van der Waals surface area contributed by atoms with Gasteiger partial charge in [-0.3, -0.25) is 0 Å². The molecule has 82 valence electrons. The lowest BCUT2D eigenvalue weighted by Crippen LogP contribution is -2.37. The van der Waals surface area contributed by atoms with Gasteiger partial charge in [-0.1, -0.05) is 0 Å². The van der Waals surface area contributed by atoms with Crippen LogP contribution in [0, 0.1) is 5.92 Å². The molecule has 0 bridgehead atoms. The predicted octanol–water partition coefficient (Wildman–Crippen LogP) is 0.882. The molecule has 0 aromatic heterocycles. The second-order valence-corrected chi connectivity index (χ2v) is 4.95. The maximum absolute atomic E-state index is 5.98. The Morgan fingerprint density at radius 1 is 1.50 bits per heavy atom. The van der Waals surface area contributed by atoms with Gasteiger partial charge in [0.05, 0.1) is 12.2 Å². The van der Waals surface area contributed by atoms with Crippen molar-refractivity contribution in [1.29, 1.82) is 0 Å². The highest BCUT2D eigenvalue weighted by Crippen LogP contribution is 2.47. The lowest BCUT2D eigenvalue weighted by Gasteiger charge is -2.30. The number of nitrogens with two attached hydrogens (primary N) is 1. The van der Waals surface area contributed by atoms with Crippen LogP contribution in [0.3, 0.4) is 0 Å². The second-order valence-electron chi connectivity index (χ2n) is 4.95. The first-order chi connectivity index (χ1) is 6.74. The summed E-state index contributed by atoms with van der Waals surface area (Å²) < 4.78 is 5.89.